The van der Waals surface area contributed by atoms with Crippen LogP contribution in [0, 0.1) is 11.5 Å². The number of aliphatic imine (C=N–C) groups is 2. The fourth-order valence-electron chi connectivity index (χ4n) is 0.412. The van der Waals surface area contributed by atoms with Crippen molar-refractivity contribution in [3.63, 3.8) is 0 Å². The number of nitrogens with zero attached hydrogens (tertiary/aromatic N) is 3. The molecule has 70 valence electrons. The van der Waals surface area contributed by atoms with E-state index < -0.39 is 0 Å². The molecular weight excluding hydrogens is 170 g/mol. The van der Waals surface area contributed by atoms with Crippen molar-refractivity contribution in [2.45, 2.75) is 0 Å². The van der Waals surface area contributed by atoms with Crippen molar-refractivity contribution < 1.29 is 0 Å². The second kappa shape index (κ2) is 6.48. The van der Waals surface area contributed by atoms with Gasteiger partial charge >= 0.3 is 0 Å². The number of guanidine groups is 2. The van der Waals surface area contributed by atoms with Gasteiger partial charge in [-0.3, -0.25) is 10.9 Å². The van der Waals surface area contributed by atoms with Crippen LogP contribution in [0.1, 0.15) is 0 Å². The number of hydrazine groups is 1. The highest BCUT2D eigenvalue weighted by atomic mass is 15.4. The smallest absolute Gasteiger partial charge is 0.223 e. The van der Waals surface area contributed by atoms with Gasteiger partial charge in [0.1, 0.15) is 0 Å². The van der Waals surface area contributed by atoms with Crippen LogP contribution in [0.25, 0.3) is 0 Å². The number of hydrogen-bond donors (Lipinski definition) is 4. The summed E-state index contributed by atoms with van der Waals surface area (Å²) in [7, 11) is 0. The van der Waals surface area contributed by atoms with E-state index in [0.29, 0.717) is 6.54 Å². The van der Waals surface area contributed by atoms with Crippen LogP contribution in [0.3, 0.4) is 0 Å². The van der Waals surface area contributed by atoms with Crippen LogP contribution in [0.5, 0.6) is 0 Å². The molecule has 0 saturated heterocycles. The molecule has 0 spiro atoms. The van der Waals surface area contributed by atoms with Gasteiger partial charge in [-0.15, -0.1) is 11.6 Å². The van der Waals surface area contributed by atoms with E-state index in [4.69, 9.17) is 16.7 Å². The highest BCUT2D eigenvalue weighted by molar-refractivity contribution is 5.84. The minimum atomic E-state index is -0.0840. The maximum absolute atomic E-state index is 8.08. The summed E-state index contributed by atoms with van der Waals surface area (Å²) >= 11 is 0. The number of nitrogens with one attached hydrogen (secondary N) is 2. The predicted octanol–water partition coefficient (Wildman–Crippen LogP) is -1.62. The number of rotatable bonds is 2. The molecule has 0 saturated carbocycles. The van der Waals surface area contributed by atoms with E-state index in [9.17, 15) is 0 Å². The van der Waals surface area contributed by atoms with Crippen LogP contribution < -0.4 is 22.3 Å². The lowest BCUT2D eigenvalue weighted by Gasteiger charge is -2.05. The molecule has 0 aliphatic heterocycles. The van der Waals surface area contributed by atoms with Crippen LogP contribution in [0.4, 0.5) is 0 Å². The van der Waals surface area contributed by atoms with Crippen molar-refractivity contribution in [2.24, 2.45) is 21.5 Å². The quantitative estimate of drug-likeness (QED) is 0.134. The van der Waals surface area contributed by atoms with E-state index >= 15 is 0 Å². The summed E-state index contributed by atoms with van der Waals surface area (Å²) in [6.07, 6.45) is 3.08. The average molecular weight is 181 g/mol. The molecule has 0 aliphatic carbocycles. The molecule has 0 aromatic rings. The van der Waals surface area contributed by atoms with Gasteiger partial charge in [0.25, 0.3) is 0 Å². The van der Waals surface area contributed by atoms with E-state index in [1.807, 2.05) is 0 Å². The van der Waals surface area contributed by atoms with Gasteiger partial charge in [0.15, 0.2) is 0 Å². The first kappa shape index (κ1) is 10.8. The predicted molar refractivity (Wildman–Crippen MR) is 50.2 cm³/mol. The van der Waals surface area contributed by atoms with Gasteiger partial charge in [-0.2, -0.15) is 5.26 Å². The van der Waals surface area contributed by atoms with Gasteiger partial charge in [0, 0.05) is 0 Å². The molecule has 0 unspecified atom stereocenters. The van der Waals surface area contributed by atoms with Gasteiger partial charge in [0.05, 0.1) is 6.54 Å². The third-order valence-electron chi connectivity index (χ3n) is 0.880. The first-order valence-electron chi connectivity index (χ1n) is 3.35. The molecule has 0 radical (unpaired) electrons. The zero-order chi connectivity index (χ0) is 10.1. The van der Waals surface area contributed by atoms with Crippen molar-refractivity contribution in [3.05, 3.63) is 12.7 Å². The molecule has 0 aromatic carbocycles. The molecule has 0 atom stereocenters. The molecule has 0 fully saturated rings. The Labute approximate surface area is 75.8 Å². The lowest BCUT2D eigenvalue weighted by Crippen LogP contribution is -2.48. The molecule has 7 nitrogen and oxygen atoms in total. The summed E-state index contributed by atoms with van der Waals surface area (Å²) in [5, 5.41) is 8.08. The third kappa shape index (κ3) is 6.18. The molecule has 0 amide bonds. The van der Waals surface area contributed by atoms with Crippen molar-refractivity contribution in [1.29, 1.82) is 5.26 Å². The number of nitriles is 1. The van der Waals surface area contributed by atoms with Crippen LogP contribution in [0.15, 0.2) is 22.6 Å². The topological polar surface area (TPSA) is 125 Å². The van der Waals surface area contributed by atoms with E-state index in [0.717, 1.165) is 0 Å². The summed E-state index contributed by atoms with van der Waals surface area (Å²) in [4.78, 5) is 6.96. The molecule has 0 bridgehead atoms. The molecule has 0 heterocycles. The summed E-state index contributed by atoms with van der Waals surface area (Å²) < 4.78 is 0. The zero-order valence-corrected chi connectivity index (χ0v) is 6.99. The summed E-state index contributed by atoms with van der Waals surface area (Å²) in [5.74, 6) is 0.0512. The Morgan fingerprint density at radius 2 is 2.08 bits per heavy atom. The van der Waals surface area contributed by atoms with Crippen molar-refractivity contribution in [3.8, 4) is 6.19 Å². The zero-order valence-electron chi connectivity index (χ0n) is 6.99. The van der Waals surface area contributed by atoms with E-state index in [2.05, 4.69) is 27.4 Å². The highest BCUT2D eigenvalue weighted by Gasteiger charge is 1.90. The monoisotopic (exact) mass is 181 g/mol. The Hall–Kier alpha value is -2.23. The maximum Gasteiger partial charge on any atom is 0.223 e. The van der Waals surface area contributed by atoms with Gasteiger partial charge in [-0.25, -0.2) is 4.99 Å². The van der Waals surface area contributed by atoms with Crippen LogP contribution >= 0.6 is 0 Å². The van der Waals surface area contributed by atoms with E-state index in [1.54, 1.807) is 6.08 Å². The Bertz CT molecular complexity index is 259. The Morgan fingerprint density at radius 1 is 1.46 bits per heavy atom. The molecule has 13 heavy (non-hydrogen) atoms. The number of hydrogen-bond acceptors (Lipinski definition) is 3. The minimum Gasteiger partial charge on any atom is -0.369 e. The fourth-order valence-corrected chi connectivity index (χ4v) is 0.412. The average Bonchev–Trinajstić information content (AvgIpc) is 2.12. The van der Waals surface area contributed by atoms with E-state index in [1.165, 1.54) is 6.19 Å². The van der Waals surface area contributed by atoms with Gasteiger partial charge in [-0.05, 0) is 0 Å². The lowest BCUT2D eigenvalue weighted by atomic mass is 10.6. The molecule has 0 aromatic heterocycles. The van der Waals surface area contributed by atoms with Gasteiger partial charge < -0.3 is 11.5 Å². The molecular formula is C6H11N7. The van der Waals surface area contributed by atoms with Gasteiger partial charge in [-0.1, -0.05) is 6.08 Å². The highest BCUT2D eigenvalue weighted by Crippen LogP contribution is 1.68. The second-order valence-electron chi connectivity index (χ2n) is 1.86. The third-order valence-corrected chi connectivity index (χ3v) is 0.880. The first-order chi connectivity index (χ1) is 6.20. The first-order valence-corrected chi connectivity index (χ1v) is 3.35. The Morgan fingerprint density at radius 3 is 2.62 bits per heavy atom. The normalized spacial score (nSPS) is 11.6. The minimum absolute atomic E-state index is 0.0840. The largest absolute Gasteiger partial charge is 0.369 e. The summed E-state index contributed by atoms with van der Waals surface area (Å²) in [6.45, 7) is 3.85. The van der Waals surface area contributed by atoms with Crippen molar-refractivity contribution in [2.75, 3.05) is 6.54 Å². The molecule has 0 aliphatic rings. The summed E-state index contributed by atoms with van der Waals surface area (Å²) in [5.41, 5.74) is 15.3. The Balaban J connectivity index is 3.83. The SMILES string of the molecule is C=CCN=C(N)NNC(N)=NC#N. The standard InChI is InChI=1S/C6H11N7/c1-2-3-10-5(8)12-13-6(9)11-4-7/h2H,1,3H2,(H3,8,10,12)(H3,9,11,13). The van der Waals surface area contributed by atoms with Crippen LogP contribution in [-0.4, -0.2) is 18.5 Å². The number of nitrogens with two attached hydrogens (primary N) is 2. The summed E-state index contributed by atoms with van der Waals surface area (Å²) in [6, 6.07) is 0. The molecule has 0 rings (SSSR count). The van der Waals surface area contributed by atoms with Gasteiger partial charge in [0.2, 0.25) is 18.1 Å². The Kier molecular flexibility index (Phi) is 5.37. The lowest BCUT2D eigenvalue weighted by molar-refractivity contribution is 0.839. The van der Waals surface area contributed by atoms with Crippen molar-refractivity contribution >= 4 is 11.9 Å². The van der Waals surface area contributed by atoms with E-state index in [-0.39, 0.29) is 11.9 Å². The maximum atomic E-state index is 8.08. The molecule has 7 heteroatoms. The van der Waals surface area contributed by atoms with Crippen molar-refractivity contribution in [1.82, 2.24) is 10.9 Å². The molecule has 6 N–H and O–H groups in total. The second-order valence-corrected chi connectivity index (χ2v) is 1.86. The van der Waals surface area contributed by atoms with Crippen LogP contribution in [0.2, 0.25) is 0 Å². The fraction of sp³-hybridized carbons (Fsp3) is 0.167. The van der Waals surface area contributed by atoms with Crippen LogP contribution in [-0.2, 0) is 0 Å².